The van der Waals surface area contributed by atoms with Crippen LogP contribution in [0.1, 0.15) is 25.7 Å². The van der Waals surface area contributed by atoms with Crippen LogP contribution in [-0.4, -0.2) is 59.4 Å². The van der Waals surface area contributed by atoms with Crippen molar-refractivity contribution in [1.29, 1.82) is 0 Å². The van der Waals surface area contributed by atoms with E-state index in [-0.39, 0.29) is 23.7 Å². The van der Waals surface area contributed by atoms with Crippen molar-refractivity contribution in [2.45, 2.75) is 25.7 Å². The Balaban J connectivity index is 1.35. The van der Waals surface area contributed by atoms with E-state index in [0.29, 0.717) is 6.67 Å². The number of aromatic nitrogens is 1. The fraction of sp³-hybridized carbons (Fsp3) is 0.611. The molecule has 1 aromatic rings. The van der Waals surface area contributed by atoms with Gasteiger partial charge in [-0.3, -0.25) is 19.4 Å². The van der Waals surface area contributed by atoms with E-state index in [0.717, 1.165) is 57.7 Å². The van der Waals surface area contributed by atoms with Crippen molar-refractivity contribution < 1.29 is 9.59 Å². The minimum absolute atomic E-state index is 0.0407. The van der Waals surface area contributed by atoms with Crippen molar-refractivity contribution in [2.24, 2.45) is 11.8 Å². The van der Waals surface area contributed by atoms with E-state index in [1.165, 1.54) is 4.90 Å². The maximum absolute atomic E-state index is 12.6. The molecule has 0 aromatic carbocycles. The molecular formula is C18H24N4O2. The van der Waals surface area contributed by atoms with E-state index < -0.39 is 0 Å². The fourth-order valence-electron chi connectivity index (χ4n) is 4.23. The number of carbonyl (C=O) groups is 2. The second kappa shape index (κ2) is 6.51. The quantitative estimate of drug-likeness (QED) is 0.784. The highest BCUT2D eigenvalue weighted by molar-refractivity contribution is 6.05. The minimum Gasteiger partial charge on any atom is -0.354 e. The normalized spacial score (nSPS) is 28.3. The first-order valence-corrected chi connectivity index (χ1v) is 8.97. The SMILES string of the molecule is O=C1[C@H]2CCCC[C@@H]2C(=O)N1CN1CCN(c2ccccn2)CC1. The Morgan fingerprint density at radius 2 is 1.62 bits per heavy atom. The summed E-state index contributed by atoms with van der Waals surface area (Å²) in [5, 5.41) is 0. The smallest absolute Gasteiger partial charge is 0.234 e. The second-order valence-electron chi connectivity index (χ2n) is 7.04. The Morgan fingerprint density at radius 3 is 2.21 bits per heavy atom. The van der Waals surface area contributed by atoms with Gasteiger partial charge in [-0.15, -0.1) is 0 Å². The topological polar surface area (TPSA) is 56.8 Å². The summed E-state index contributed by atoms with van der Waals surface area (Å²) in [4.78, 5) is 35.5. The lowest BCUT2D eigenvalue weighted by molar-refractivity contribution is -0.142. The van der Waals surface area contributed by atoms with Gasteiger partial charge in [-0.2, -0.15) is 0 Å². The Labute approximate surface area is 142 Å². The zero-order valence-electron chi connectivity index (χ0n) is 13.9. The summed E-state index contributed by atoms with van der Waals surface area (Å²) in [5.74, 6) is 1.05. The number of anilines is 1. The van der Waals surface area contributed by atoms with E-state index in [4.69, 9.17) is 0 Å². The highest BCUT2D eigenvalue weighted by Gasteiger charge is 2.48. The molecular weight excluding hydrogens is 304 g/mol. The van der Waals surface area contributed by atoms with Crippen LogP contribution < -0.4 is 4.90 Å². The highest BCUT2D eigenvalue weighted by Crippen LogP contribution is 2.38. The average Bonchev–Trinajstić information content (AvgIpc) is 2.88. The molecule has 2 atom stereocenters. The van der Waals surface area contributed by atoms with Gasteiger partial charge in [-0.25, -0.2) is 4.98 Å². The van der Waals surface area contributed by atoms with Crippen LogP contribution in [0.15, 0.2) is 24.4 Å². The number of piperazine rings is 1. The molecule has 1 saturated carbocycles. The first-order chi connectivity index (χ1) is 11.7. The molecule has 2 amide bonds. The summed E-state index contributed by atoms with van der Waals surface area (Å²) in [6.45, 7) is 3.91. The van der Waals surface area contributed by atoms with Crippen LogP contribution in [0, 0.1) is 11.8 Å². The van der Waals surface area contributed by atoms with Crippen molar-refractivity contribution >= 4 is 17.6 Å². The van der Waals surface area contributed by atoms with E-state index in [1.807, 2.05) is 24.4 Å². The molecule has 4 rings (SSSR count). The number of likely N-dealkylation sites (tertiary alicyclic amines) is 1. The summed E-state index contributed by atoms with van der Waals surface area (Å²) in [6, 6.07) is 5.94. The van der Waals surface area contributed by atoms with Crippen LogP contribution in [0.2, 0.25) is 0 Å². The average molecular weight is 328 g/mol. The number of carbonyl (C=O) groups excluding carboxylic acids is 2. The van der Waals surface area contributed by atoms with Crippen LogP contribution in [0.4, 0.5) is 5.82 Å². The lowest BCUT2D eigenvalue weighted by Gasteiger charge is -2.36. The van der Waals surface area contributed by atoms with Crippen LogP contribution >= 0.6 is 0 Å². The first kappa shape index (κ1) is 15.6. The Morgan fingerprint density at radius 1 is 0.958 bits per heavy atom. The van der Waals surface area contributed by atoms with Crippen LogP contribution in [0.5, 0.6) is 0 Å². The molecule has 3 heterocycles. The molecule has 1 aliphatic carbocycles. The van der Waals surface area contributed by atoms with Crippen molar-refractivity contribution in [3.8, 4) is 0 Å². The monoisotopic (exact) mass is 328 g/mol. The molecule has 128 valence electrons. The van der Waals surface area contributed by atoms with Gasteiger partial charge in [0.2, 0.25) is 11.8 Å². The summed E-state index contributed by atoms with van der Waals surface area (Å²) in [5.41, 5.74) is 0. The molecule has 0 unspecified atom stereocenters. The van der Waals surface area contributed by atoms with Gasteiger partial charge in [-0.05, 0) is 25.0 Å². The van der Waals surface area contributed by atoms with Gasteiger partial charge in [-0.1, -0.05) is 18.9 Å². The predicted molar refractivity (Wildman–Crippen MR) is 90.2 cm³/mol. The number of pyridine rings is 1. The van der Waals surface area contributed by atoms with Gasteiger partial charge < -0.3 is 4.90 Å². The van der Waals surface area contributed by atoms with Crippen molar-refractivity contribution in [3.63, 3.8) is 0 Å². The molecule has 6 nitrogen and oxygen atoms in total. The lowest BCUT2D eigenvalue weighted by Crippen LogP contribution is -2.51. The maximum atomic E-state index is 12.6. The molecule has 2 aliphatic heterocycles. The van der Waals surface area contributed by atoms with Crippen LogP contribution in [0.25, 0.3) is 0 Å². The molecule has 3 aliphatic rings. The zero-order chi connectivity index (χ0) is 16.5. The van der Waals surface area contributed by atoms with E-state index in [1.54, 1.807) is 0 Å². The van der Waals surface area contributed by atoms with Crippen molar-refractivity contribution in [2.75, 3.05) is 37.7 Å². The van der Waals surface area contributed by atoms with Crippen molar-refractivity contribution in [3.05, 3.63) is 24.4 Å². The lowest BCUT2D eigenvalue weighted by atomic mass is 9.81. The molecule has 0 N–H and O–H groups in total. The number of imide groups is 1. The molecule has 6 heteroatoms. The van der Waals surface area contributed by atoms with Crippen LogP contribution in [-0.2, 0) is 9.59 Å². The number of hydrogen-bond donors (Lipinski definition) is 0. The first-order valence-electron chi connectivity index (χ1n) is 8.97. The van der Waals surface area contributed by atoms with Gasteiger partial charge in [0.1, 0.15) is 5.82 Å². The van der Waals surface area contributed by atoms with Gasteiger partial charge in [0, 0.05) is 32.4 Å². The largest absolute Gasteiger partial charge is 0.354 e. The molecule has 0 radical (unpaired) electrons. The van der Waals surface area contributed by atoms with E-state index >= 15 is 0 Å². The number of amides is 2. The Kier molecular flexibility index (Phi) is 4.22. The molecule has 1 aromatic heterocycles. The summed E-state index contributed by atoms with van der Waals surface area (Å²) < 4.78 is 0. The third-order valence-electron chi connectivity index (χ3n) is 5.62. The molecule has 0 bridgehead atoms. The third-order valence-corrected chi connectivity index (χ3v) is 5.62. The minimum atomic E-state index is -0.0407. The van der Waals surface area contributed by atoms with Crippen molar-refractivity contribution in [1.82, 2.24) is 14.8 Å². The molecule has 0 spiro atoms. The summed E-state index contributed by atoms with van der Waals surface area (Å²) >= 11 is 0. The summed E-state index contributed by atoms with van der Waals surface area (Å²) in [7, 11) is 0. The summed E-state index contributed by atoms with van der Waals surface area (Å²) in [6.07, 6.45) is 5.75. The van der Waals surface area contributed by atoms with E-state index in [9.17, 15) is 9.59 Å². The number of fused-ring (bicyclic) bond motifs is 1. The Bertz CT molecular complexity index is 589. The molecule has 3 fully saturated rings. The van der Waals surface area contributed by atoms with Gasteiger partial charge in [0.15, 0.2) is 0 Å². The van der Waals surface area contributed by atoms with Crippen LogP contribution in [0.3, 0.4) is 0 Å². The molecule has 2 saturated heterocycles. The molecule has 24 heavy (non-hydrogen) atoms. The number of nitrogens with zero attached hydrogens (tertiary/aromatic N) is 4. The van der Waals surface area contributed by atoms with Gasteiger partial charge in [0.05, 0.1) is 18.5 Å². The standard InChI is InChI=1S/C18H24N4O2/c23-17-14-5-1-2-6-15(14)18(24)22(17)13-20-9-11-21(12-10-20)16-7-3-4-8-19-16/h3-4,7-8,14-15H,1-2,5-6,9-13H2/t14-,15-/m0/s1. The highest BCUT2D eigenvalue weighted by atomic mass is 16.2. The fourth-order valence-corrected chi connectivity index (χ4v) is 4.23. The van der Waals surface area contributed by atoms with E-state index in [2.05, 4.69) is 14.8 Å². The zero-order valence-corrected chi connectivity index (χ0v) is 13.9. The predicted octanol–water partition coefficient (Wildman–Crippen LogP) is 1.34. The maximum Gasteiger partial charge on any atom is 0.234 e. The number of rotatable bonds is 3. The Hall–Kier alpha value is -1.95. The third kappa shape index (κ3) is 2.79. The number of hydrogen-bond acceptors (Lipinski definition) is 5. The second-order valence-corrected chi connectivity index (χ2v) is 7.04. The van der Waals surface area contributed by atoms with Gasteiger partial charge >= 0.3 is 0 Å². The van der Waals surface area contributed by atoms with Gasteiger partial charge in [0.25, 0.3) is 0 Å².